The number of morpholine rings is 1. The molecule has 0 unspecified atom stereocenters. The fourth-order valence-electron chi connectivity index (χ4n) is 2.72. The predicted molar refractivity (Wildman–Crippen MR) is 88.2 cm³/mol. The van der Waals surface area contributed by atoms with Crippen LogP contribution in [0.5, 0.6) is 0 Å². The second-order valence-corrected chi connectivity index (χ2v) is 5.58. The lowest BCUT2D eigenvalue weighted by Crippen LogP contribution is -2.36. The van der Waals surface area contributed by atoms with E-state index in [4.69, 9.17) is 9.26 Å². The van der Waals surface area contributed by atoms with Gasteiger partial charge >= 0.3 is 0 Å². The van der Waals surface area contributed by atoms with Crippen molar-refractivity contribution in [2.45, 2.75) is 0 Å². The molecule has 5 nitrogen and oxygen atoms in total. The van der Waals surface area contributed by atoms with Crippen LogP contribution in [0.3, 0.4) is 0 Å². The molecule has 1 fully saturated rings. The lowest BCUT2D eigenvalue weighted by molar-refractivity contribution is 0.122. The van der Waals surface area contributed by atoms with Gasteiger partial charge in [0.2, 0.25) is 5.82 Å². The third kappa shape index (κ3) is 3.00. The van der Waals surface area contributed by atoms with Crippen molar-refractivity contribution in [1.29, 1.82) is 0 Å². The number of nitrogens with zero attached hydrogens (tertiary/aromatic N) is 3. The van der Waals surface area contributed by atoms with E-state index in [0.29, 0.717) is 17.3 Å². The maximum atomic E-state index is 13.3. The van der Waals surface area contributed by atoms with Crippen molar-refractivity contribution in [3.63, 3.8) is 0 Å². The van der Waals surface area contributed by atoms with Gasteiger partial charge < -0.3 is 14.2 Å². The van der Waals surface area contributed by atoms with Crippen LogP contribution in [-0.4, -0.2) is 36.4 Å². The standard InChI is InChI=1S/C18H16FN3O2/c19-15-3-1-2-14(12-15)18-20-17(21-24-18)13-4-6-16(7-5-13)22-8-10-23-11-9-22/h1-7,12H,8-11H2. The van der Waals surface area contributed by atoms with Crippen LogP contribution in [-0.2, 0) is 4.74 Å². The SMILES string of the molecule is Fc1cccc(-c2nc(-c3ccc(N4CCOCC4)cc3)no2)c1. The molecule has 24 heavy (non-hydrogen) atoms. The van der Waals surface area contributed by atoms with Crippen LogP contribution < -0.4 is 4.90 Å². The zero-order valence-corrected chi connectivity index (χ0v) is 13.0. The van der Waals surface area contributed by atoms with E-state index >= 15 is 0 Å². The second-order valence-electron chi connectivity index (χ2n) is 5.58. The Hall–Kier alpha value is -2.73. The monoisotopic (exact) mass is 325 g/mol. The fraction of sp³-hybridized carbons (Fsp3) is 0.222. The van der Waals surface area contributed by atoms with Crippen LogP contribution in [0.1, 0.15) is 0 Å². The van der Waals surface area contributed by atoms with Crippen LogP contribution in [0, 0.1) is 5.82 Å². The van der Waals surface area contributed by atoms with Crippen LogP contribution >= 0.6 is 0 Å². The molecule has 2 aromatic carbocycles. The quantitative estimate of drug-likeness (QED) is 0.739. The highest BCUT2D eigenvalue weighted by Gasteiger charge is 2.13. The molecule has 0 spiro atoms. The molecule has 0 saturated carbocycles. The Bertz CT molecular complexity index is 826. The largest absolute Gasteiger partial charge is 0.378 e. The van der Waals surface area contributed by atoms with Crippen molar-refractivity contribution >= 4 is 5.69 Å². The minimum absolute atomic E-state index is 0.307. The summed E-state index contributed by atoms with van der Waals surface area (Å²) in [7, 11) is 0. The number of aromatic nitrogens is 2. The van der Waals surface area contributed by atoms with Crippen molar-refractivity contribution in [2.24, 2.45) is 0 Å². The molecule has 0 radical (unpaired) electrons. The Morgan fingerprint density at radius 2 is 1.75 bits per heavy atom. The van der Waals surface area contributed by atoms with Gasteiger partial charge in [-0.1, -0.05) is 11.2 Å². The van der Waals surface area contributed by atoms with Crippen LogP contribution in [0.15, 0.2) is 53.1 Å². The van der Waals surface area contributed by atoms with E-state index in [-0.39, 0.29) is 5.82 Å². The second kappa shape index (κ2) is 6.41. The van der Waals surface area contributed by atoms with Crippen LogP contribution in [0.2, 0.25) is 0 Å². The summed E-state index contributed by atoms with van der Waals surface area (Å²) in [6, 6.07) is 14.1. The summed E-state index contributed by atoms with van der Waals surface area (Å²) in [6.07, 6.45) is 0. The van der Waals surface area contributed by atoms with E-state index in [0.717, 1.165) is 37.6 Å². The van der Waals surface area contributed by atoms with E-state index < -0.39 is 0 Å². The number of hydrogen-bond donors (Lipinski definition) is 0. The summed E-state index contributed by atoms with van der Waals surface area (Å²) in [5.74, 6) is 0.464. The van der Waals surface area contributed by atoms with E-state index in [2.05, 4.69) is 15.0 Å². The smallest absolute Gasteiger partial charge is 0.258 e. The first-order valence-corrected chi connectivity index (χ1v) is 7.82. The predicted octanol–water partition coefficient (Wildman–Crippen LogP) is 3.38. The molecule has 3 aromatic rings. The Morgan fingerprint density at radius 1 is 0.958 bits per heavy atom. The van der Waals surface area contributed by atoms with Gasteiger partial charge in [0.05, 0.1) is 13.2 Å². The average molecular weight is 325 g/mol. The molecule has 0 aliphatic carbocycles. The van der Waals surface area contributed by atoms with Gasteiger partial charge in [-0.15, -0.1) is 0 Å². The van der Waals surface area contributed by atoms with Crippen LogP contribution in [0.4, 0.5) is 10.1 Å². The normalized spacial score (nSPS) is 14.8. The Kier molecular flexibility index (Phi) is 3.96. The number of benzene rings is 2. The molecule has 0 amide bonds. The third-order valence-corrected chi connectivity index (χ3v) is 4.00. The summed E-state index contributed by atoms with van der Waals surface area (Å²) in [6.45, 7) is 3.30. The number of anilines is 1. The first-order valence-electron chi connectivity index (χ1n) is 7.82. The van der Waals surface area contributed by atoms with Crippen molar-refractivity contribution in [1.82, 2.24) is 10.1 Å². The Balaban J connectivity index is 1.56. The van der Waals surface area contributed by atoms with Gasteiger partial charge in [-0.25, -0.2) is 4.39 Å². The summed E-state index contributed by atoms with van der Waals surface area (Å²) >= 11 is 0. The number of rotatable bonds is 3. The molecule has 2 heterocycles. The lowest BCUT2D eigenvalue weighted by Gasteiger charge is -2.28. The van der Waals surface area contributed by atoms with E-state index in [1.54, 1.807) is 12.1 Å². The molecular formula is C18H16FN3O2. The topological polar surface area (TPSA) is 51.4 Å². The van der Waals surface area contributed by atoms with E-state index in [1.807, 2.05) is 24.3 Å². The van der Waals surface area contributed by atoms with Gasteiger partial charge in [-0.2, -0.15) is 4.98 Å². The maximum absolute atomic E-state index is 13.3. The van der Waals surface area contributed by atoms with Crippen molar-refractivity contribution in [3.8, 4) is 22.8 Å². The minimum Gasteiger partial charge on any atom is -0.378 e. The molecule has 1 aliphatic heterocycles. The highest BCUT2D eigenvalue weighted by Crippen LogP contribution is 2.25. The molecule has 0 bridgehead atoms. The van der Waals surface area contributed by atoms with Gasteiger partial charge in [-0.05, 0) is 42.5 Å². The van der Waals surface area contributed by atoms with Crippen molar-refractivity contribution < 1.29 is 13.7 Å². The third-order valence-electron chi connectivity index (χ3n) is 4.00. The lowest BCUT2D eigenvalue weighted by atomic mass is 10.1. The van der Waals surface area contributed by atoms with Gasteiger partial charge in [0.15, 0.2) is 0 Å². The highest BCUT2D eigenvalue weighted by molar-refractivity contribution is 5.62. The number of ether oxygens (including phenoxy) is 1. The molecule has 0 N–H and O–H groups in total. The van der Waals surface area contributed by atoms with Crippen molar-refractivity contribution in [2.75, 3.05) is 31.2 Å². The molecule has 1 saturated heterocycles. The summed E-state index contributed by atoms with van der Waals surface area (Å²) in [4.78, 5) is 6.64. The molecular weight excluding hydrogens is 309 g/mol. The van der Waals surface area contributed by atoms with Crippen molar-refractivity contribution in [3.05, 3.63) is 54.3 Å². The van der Waals surface area contributed by atoms with Gasteiger partial charge in [-0.3, -0.25) is 0 Å². The van der Waals surface area contributed by atoms with Gasteiger partial charge in [0.1, 0.15) is 5.82 Å². The number of halogens is 1. The zero-order chi connectivity index (χ0) is 16.4. The minimum atomic E-state index is -0.331. The first-order chi connectivity index (χ1) is 11.8. The maximum Gasteiger partial charge on any atom is 0.258 e. The molecule has 122 valence electrons. The summed E-state index contributed by atoms with van der Waals surface area (Å²) in [5, 5.41) is 3.99. The Morgan fingerprint density at radius 3 is 2.50 bits per heavy atom. The summed E-state index contributed by atoms with van der Waals surface area (Å²) in [5.41, 5.74) is 2.58. The first kappa shape index (κ1) is 14.8. The summed E-state index contributed by atoms with van der Waals surface area (Å²) < 4.78 is 23.9. The average Bonchev–Trinajstić information content (AvgIpc) is 3.13. The molecule has 1 aliphatic rings. The molecule has 4 rings (SSSR count). The zero-order valence-electron chi connectivity index (χ0n) is 13.0. The fourth-order valence-corrected chi connectivity index (χ4v) is 2.72. The highest BCUT2D eigenvalue weighted by atomic mass is 19.1. The Labute approximate surface area is 138 Å². The molecule has 1 aromatic heterocycles. The van der Waals surface area contributed by atoms with E-state index in [9.17, 15) is 4.39 Å². The van der Waals surface area contributed by atoms with Gasteiger partial charge in [0, 0.05) is 29.9 Å². The van der Waals surface area contributed by atoms with Gasteiger partial charge in [0.25, 0.3) is 5.89 Å². The molecule has 0 atom stereocenters. The number of hydrogen-bond acceptors (Lipinski definition) is 5. The van der Waals surface area contributed by atoms with Crippen LogP contribution in [0.25, 0.3) is 22.8 Å². The van der Waals surface area contributed by atoms with E-state index in [1.165, 1.54) is 12.1 Å². The molecule has 6 heteroatoms.